The highest BCUT2D eigenvalue weighted by Crippen LogP contribution is 2.29. The largest absolute Gasteiger partial charge is 0.391 e. The van der Waals surface area contributed by atoms with Gasteiger partial charge in [-0.1, -0.05) is 25.0 Å². The highest BCUT2D eigenvalue weighted by Gasteiger charge is 2.26. The van der Waals surface area contributed by atoms with Crippen LogP contribution in [0.2, 0.25) is 0 Å². The Kier molecular flexibility index (Phi) is 5.90. The highest BCUT2D eigenvalue weighted by molar-refractivity contribution is 5.92. The van der Waals surface area contributed by atoms with Crippen molar-refractivity contribution in [1.29, 1.82) is 0 Å². The molecule has 0 aliphatic heterocycles. The Hall–Kier alpha value is -3.06. The van der Waals surface area contributed by atoms with Crippen molar-refractivity contribution in [2.45, 2.75) is 50.9 Å². The maximum absolute atomic E-state index is 15.3. The van der Waals surface area contributed by atoms with Gasteiger partial charge in [0.2, 0.25) is 0 Å². The summed E-state index contributed by atoms with van der Waals surface area (Å²) >= 11 is 0. The fraction of sp³-hybridized carbons (Fsp3) is 0.348. The normalized spacial score (nSPS) is 20.0. The zero-order valence-electron chi connectivity index (χ0n) is 16.8. The predicted molar refractivity (Wildman–Crippen MR) is 111 cm³/mol. The van der Waals surface area contributed by atoms with E-state index in [1.807, 2.05) is 24.4 Å². The van der Waals surface area contributed by atoms with E-state index in [9.17, 15) is 9.90 Å². The Labute approximate surface area is 174 Å². The molecule has 2 aromatic heterocycles. The van der Waals surface area contributed by atoms with Crippen LogP contribution < -0.4 is 5.32 Å². The van der Waals surface area contributed by atoms with Crippen LogP contribution in [-0.4, -0.2) is 37.9 Å². The van der Waals surface area contributed by atoms with Gasteiger partial charge in [-0.25, -0.2) is 9.07 Å². The van der Waals surface area contributed by atoms with Gasteiger partial charge < -0.3 is 10.4 Å². The minimum atomic E-state index is -1.38. The van der Waals surface area contributed by atoms with Gasteiger partial charge in [-0.3, -0.25) is 9.78 Å². The van der Waals surface area contributed by atoms with Crippen LogP contribution in [0.25, 0.3) is 5.69 Å². The van der Waals surface area contributed by atoms with Gasteiger partial charge >= 0.3 is 0 Å². The number of hydrogen-bond acceptors (Lipinski definition) is 4. The summed E-state index contributed by atoms with van der Waals surface area (Å²) in [5.74, 6) is -0.386. The Morgan fingerprint density at radius 1 is 1.27 bits per heavy atom. The molecule has 2 N–H and O–H groups in total. The number of aryl methyl sites for hydroxylation is 1. The van der Waals surface area contributed by atoms with Crippen molar-refractivity contribution in [1.82, 2.24) is 20.1 Å². The number of aliphatic hydroxyl groups is 1. The lowest BCUT2D eigenvalue weighted by Crippen LogP contribution is -2.45. The van der Waals surface area contributed by atoms with Crippen LogP contribution in [0, 0.1) is 6.92 Å². The molecule has 1 unspecified atom stereocenters. The summed E-state index contributed by atoms with van der Waals surface area (Å²) in [7, 11) is 0. The summed E-state index contributed by atoms with van der Waals surface area (Å²) < 4.78 is 17.0. The molecule has 1 aliphatic rings. The van der Waals surface area contributed by atoms with Crippen LogP contribution in [0.4, 0.5) is 4.39 Å². The molecule has 30 heavy (non-hydrogen) atoms. The van der Waals surface area contributed by atoms with Crippen LogP contribution in [0.3, 0.4) is 0 Å². The molecule has 0 radical (unpaired) electrons. The van der Waals surface area contributed by atoms with Crippen LogP contribution in [0.1, 0.15) is 59.0 Å². The molecular formula is C23H25FN4O2. The number of rotatable bonds is 5. The fourth-order valence-electron chi connectivity index (χ4n) is 3.86. The lowest BCUT2D eigenvalue weighted by Gasteiger charge is -2.28. The number of amides is 1. The van der Waals surface area contributed by atoms with Crippen molar-refractivity contribution in [3.05, 3.63) is 77.4 Å². The third-order valence-corrected chi connectivity index (χ3v) is 5.65. The van der Waals surface area contributed by atoms with E-state index in [1.165, 1.54) is 12.3 Å². The van der Waals surface area contributed by atoms with E-state index >= 15 is 4.39 Å². The molecule has 1 aromatic carbocycles. The number of carbonyl (C=O) groups excluding carboxylic acids is 1. The average Bonchev–Trinajstić information content (AvgIpc) is 3.30. The second kappa shape index (κ2) is 8.75. The molecule has 3 atom stereocenters. The van der Waals surface area contributed by atoms with Crippen molar-refractivity contribution < 1.29 is 14.3 Å². The van der Waals surface area contributed by atoms with Crippen LogP contribution in [-0.2, 0) is 0 Å². The molecule has 2 heterocycles. The third kappa shape index (κ3) is 4.26. The zero-order valence-corrected chi connectivity index (χ0v) is 16.8. The van der Waals surface area contributed by atoms with Gasteiger partial charge in [-0.2, -0.15) is 5.10 Å². The van der Waals surface area contributed by atoms with E-state index < -0.39 is 12.3 Å². The molecule has 3 aromatic rings. The number of pyridine rings is 1. The molecule has 1 aliphatic carbocycles. The topological polar surface area (TPSA) is 80.0 Å². The van der Waals surface area contributed by atoms with Gasteiger partial charge in [-0.05, 0) is 60.7 Å². The molecule has 1 amide bonds. The number of carbonyl (C=O) groups is 1. The van der Waals surface area contributed by atoms with E-state index in [1.54, 1.807) is 29.9 Å². The second-order valence-corrected chi connectivity index (χ2v) is 7.76. The Bertz CT molecular complexity index is 1000. The minimum absolute atomic E-state index is 0.157. The van der Waals surface area contributed by atoms with Crippen molar-refractivity contribution in [3.63, 3.8) is 0 Å². The van der Waals surface area contributed by atoms with Gasteiger partial charge in [0.15, 0.2) is 6.17 Å². The fourth-order valence-corrected chi connectivity index (χ4v) is 3.86. The number of hydrogen-bond donors (Lipinski definition) is 2. The highest BCUT2D eigenvalue weighted by atomic mass is 19.1. The van der Waals surface area contributed by atoms with Crippen molar-refractivity contribution in [3.8, 4) is 5.69 Å². The number of nitrogens with zero attached hydrogens (tertiary/aromatic N) is 3. The van der Waals surface area contributed by atoms with E-state index in [0.29, 0.717) is 23.1 Å². The first-order chi connectivity index (χ1) is 14.5. The monoisotopic (exact) mass is 408 g/mol. The van der Waals surface area contributed by atoms with Gasteiger partial charge in [0.05, 0.1) is 17.8 Å². The summed E-state index contributed by atoms with van der Waals surface area (Å²) in [5, 5.41) is 17.1. The average molecular weight is 408 g/mol. The molecule has 0 spiro atoms. The third-order valence-electron chi connectivity index (χ3n) is 5.65. The van der Waals surface area contributed by atoms with Crippen molar-refractivity contribution >= 4 is 5.91 Å². The van der Waals surface area contributed by atoms with Gasteiger partial charge in [0.25, 0.3) is 5.91 Å². The number of alkyl halides is 1. The Morgan fingerprint density at radius 3 is 2.73 bits per heavy atom. The summed E-state index contributed by atoms with van der Waals surface area (Å²) in [6.07, 6.45) is 6.44. The van der Waals surface area contributed by atoms with E-state index in [2.05, 4.69) is 15.4 Å². The zero-order chi connectivity index (χ0) is 21.1. The van der Waals surface area contributed by atoms with E-state index in [4.69, 9.17) is 0 Å². The number of nitrogens with one attached hydrogen (secondary N) is 1. The van der Waals surface area contributed by atoms with E-state index in [0.717, 1.165) is 24.9 Å². The Balaban J connectivity index is 1.53. The number of aromatic nitrogens is 3. The molecular weight excluding hydrogens is 383 g/mol. The second-order valence-electron chi connectivity index (χ2n) is 7.76. The SMILES string of the molecule is Cc1cnc(C(=O)N[C@H]2CCCC[C@@H]2O)cc1C(F)c1ccc(-n2cccn2)cc1. The van der Waals surface area contributed by atoms with Crippen LogP contribution in [0.5, 0.6) is 0 Å². The first-order valence-electron chi connectivity index (χ1n) is 10.2. The number of benzene rings is 1. The molecule has 0 saturated heterocycles. The summed E-state index contributed by atoms with van der Waals surface area (Å²) in [5.41, 5.74) is 2.58. The van der Waals surface area contributed by atoms with Crippen molar-refractivity contribution in [2.75, 3.05) is 0 Å². The number of aliphatic hydroxyl groups excluding tert-OH is 1. The summed E-state index contributed by atoms with van der Waals surface area (Å²) in [6, 6.07) is 10.1. The van der Waals surface area contributed by atoms with E-state index in [-0.39, 0.29) is 17.6 Å². The minimum Gasteiger partial charge on any atom is -0.391 e. The maximum Gasteiger partial charge on any atom is 0.270 e. The van der Waals surface area contributed by atoms with Crippen LogP contribution >= 0.6 is 0 Å². The first kappa shape index (κ1) is 20.2. The van der Waals surface area contributed by atoms with Crippen molar-refractivity contribution in [2.24, 2.45) is 0 Å². The summed E-state index contributed by atoms with van der Waals surface area (Å²) in [4.78, 5) is 16.8. The predicted octanol–water partition coefficient (Wildman–Crippen LogP) is 3.67. The molecule has 7 heteroatoms. The quantitative estimate of drug-likeness (QED) is 0.675. The lowest BCUT2D eigenvalue weighted by molar-refractivity contribution is 0.0713. The van der Waals surface area contributed by atoms with Gasteiger partial charge in [0.1, 0.15) is 5.69 Å². The number of halogens is 1. The Morgan fingerprint density at radius 2 is 2.03 bits per heavy atom. The molecule has 156 valence electrons. The first-order valence-corrected chi connectivity index (χ1v) is 10.2. The smallest absolute Gasteiger partial charge is 0.270 e. The molecule has 4 rings (SSSR count). The van der Waals surface area contributed by atoms with Gasteiger partial charge in [0, 0.05) is 18.6 Å². The van der Waals surface area contributed by atoms with Crippen LogP contribution in [0.15, 0.2) is 55.0 Å². The lowest BCUT2D eigenvalue weighted by atomic mass is 9.92. The van der Waals surface area contributed by atoms with Gasteiger partial charge in [-0.15, -0.1) is 0 Å². The standard InChI is InChI=1S/C23H25FN4O2/c1-15-14-25-20(23(30)27-19-5-2-3-6-21(19)29)13-18(15)22(24)16-7-9-17(10-8-16)28-12-4-11-26-28/h4,7-14,19,21-22,29H,2-3,5-6H2,1H3,(H,27,30)/t19-,21-,22?/m0/s1. The molecule has 1 fully saturated rings. The summed E-state index contributed by atoms with van der Waals surface area (Å²) in [6.45, 7) is 1.78. The maximum atomic E-state index is 15.3. The molecule has 6 nitrogen and oxygen atoms in total. The molecule has 1 saturated carbocycles. The molecule has 0 bridgehead atoms.